The second-order valence-corrected chi connectivity index (χ2v) is 5.84. The molecular weight excluding hydrogens is 352 g/mol. The van der Waals surface area contributed by atoms with Crippen molar-refractivity contribution in [2.45, 2.75) is 19.1 Å². The molecule has 1 unspecified atom stereocenters. The molecule has 6 nitrogen and oxygen atoms in total. The van der Waals surface area contributed by atoms with Crippen LogP contribution in [0.25, 0.3) is 16.7 Å². The first kappa shape index (κ1) is 19.9. The van der Waals surface area contributed by atoms with Crippen LogP contribution in [0.5, 0.6) is 0 Å². The topological polar surface area (TPSA) is 82.2 Å². The van der Waals surface area contributed by atoms with Crippen molar-refractivity contribution in [3.8, 4) is 5.69 Å². The summed E-state index contributed by atoms with van der Waals surface area (Å²) in [5.41, 5.74) is 9.62. The second kappa shape index (κ2) is 9.33. The number of methoxy groups -OCH3 is 1. The van der Waals surface area contributed by atoms with Gasteiger partial charge < -0.3 is 15.8 Å². The Morgan fingerprint density at radius 3 is 2.65 bits per heavy atom. The van der Waals surface area contributed by atoms with E-state index in [0.717, 1.165) is 22.3 Å². The average Bonchev–Trinajstić information content (AvgIpc) is 3.09. The van der Waals surface area contributed by atoms with Gasteiger partial charge in [0.05, 0.1) is 23.6 Å². The number of carbonyl (C=O) groups excluding carboxylic acids is 1. The van der Waals surface area contributed by atoms with Gasteiger partial charge in [-0.2, -0.15) is 0 Å². The van der Waals surface area contributed by atoms with Gasteiger partial charge in [0.2, 0.25) is 5.91 Å². The van der Waals surface area contributed by atoms with E-state index in [-0.39, 0.29) is 30.8 Å². The highest BCUT2D eigenvalue weighted by atomic mass is 35.5. The predicted octanol–water partition coefficient (Wildman–Crippen LogP) is 2.43. The molecule has 0 fully saturated rings. The van der Waals surface area contributed by atoms with Gasteiger partial charge in [0.1, 0.15) is 6.33 Å². The zero-order chi connectivity index (χ0) is 17.6. The number of nitrogens with zero attached hydrogens (tertiary/aromatic N) is 2. The van der Waals surface area contributed by atoms with Crippen molar-refractivity contribution in [3.63, 3.8) is 0 Å². The predicted molar refractivity (Wildman–Crippen MR) is 105 cm³/mol. The lowest BCUT2D eigenvalue weighted by molar-refractivity contribution is -0.123. The number of para-hydroxylation sites is 2. The summed E-state index contributed by atoms with van der Waals surface area (Å²) in [6.07, 6.45) is 1.85. The first-order chi connectivity index (χ1) is 12.2. The molecule has 7 heteroatoms. The monoisotopic (exact) mass is 374 g/mol. The van der Waals surface area contributed by atoms with E-state index in [4.69, 9.17) is 10.5 Å². The second-order valence-electron chi connectivity index (χ2n) is 5.84. The summed E-state index contributed by atoms with van der Waals surface area (Å²) in [5.74, 6) is -0.0676. The number of fused-ring (bicyclic) bond motifs is 1. The Kier molecular flexibility index (Phi) is 7.15. The minimum Gasteiger partial charge on any atom is -0.380 e. The molecule has 0 radical (unpaired) electrons. The quantitative estimate of drug-likeness (QED) is 0.665. The van der Waals surface area contributed by atoms with Crippen molar-refractivity contribution in [1.82, 2.24) is 14.9 Å². The van der Waals surface area contributed by atoms with Gasteiger partial charge in [-0.1, -0.05) is 24.3 Å². The summed E-state index contributed by atoms with van der Waals surface area (Å²) in [7, 11) is 1.56. The zero-order valence-corrected chi connectivity index (χ0v) is 15.4. The van der Waals surface area contributed by atoms with Gasteiger partial charge >= 0.3 is 0 Å². The fourth-order valence-electron chi connectivity index (χ4n) is 2.68. The number of rotatable bonds is 7. The van der Waals surface area contributed by atoms with Gasteiger partial charge in [-0.25, -0.2) is 4.98 Å². The summed E-state index contributed by atoms with van der Waals surface area (Å²) < 4.78 is 7.16. The Bertz CT molecular complexity index is 844. The lowest BCUT2D eigenvalue weighted by Crippen LogP contribution is -2.31. The lowest BCUT2D eigenvalue weighted by Gasteiger charge is -2.13. The molecule has 0 aliphatic rings. The van der Waals surface area contributed by atoms with Crippen LogP contribution in [-0.4, -0.2) is 35.2 Å². The smallest absolute Gasteiger partial charge is 0.222 e. The van der Waals surface area contributed by atoms with E-state index in [2.05, 4.69) is 10.3 Å². The molecule has 1 atom stereocenters. The number of nitrogens with two attached hydrogens (primary N) is 1. The van der Waals surface area contributed by atoms with Gasteiger partial charge in [-0.05, 0) is 29.8 Å². The SMILES string of the molecule is COC(CN)CC(=O)NCc1ccc(-n2cnc3ccccc32)cc1.Cl. The molecule has 0 saturated carbocycles. The Balaban J connectivity index is 0.00000243. The lowest BCUT2D eigenvalue weighted by atomic mass is 10.2. The largest absolute Gasteiger partial charge is 0.380 e. The average molecular weight is 375 g/mol. The molecule has 26 heavy (non-hydrogen) atoms. The number of ether oxygens (including phenoxy) is 1. The fraction of sp³-hybridized carbons (Fsp3) is 0.263. The molecular formula is C19H23ClN4O2. The van der Waals surface area contributed by atoms with Gasteiger partial charge in [0.15, 0.2) is 0 Å². The molecule has 1 amide bonds. The fourth-order valence-corrected chi connectivity index (χ4v) is 2.68. The molecule has 0 bridgehead atoms. The van der Waals surface area contributed by atoms with Gasteiger partial charge in [0, 0.05) is 25.9 Å². The van der Waals surface area contributed by atoms with E-state index >= 15 is 0 Å². The summed E-state index contributed by atoms with van der Waals surface area (Å²) in [6.45, 7) is 0.808. The number of nitrogens with one attached hydrogen (secondary N) is 1. The van der Waals surface area contributed by atoms with Crippen LogP contribution in [0, 0.1) is 0 Å². The third kappa shape index (κ3) is 4.60. The minimum atomic E-state index is -0.239. The maximum Gasteiger partial charge on any atom is 0.222 e. The zero-order valence-electron chi connectivity index (χ0n) is 14.6. The van der Waals surface area contributed by atoms with Gasteiger partial charge in [-0.3, -0.25) is 9.36 Å². The first-order valence-electron chi connectivity index (χ1n) is 8.22. The van der Waals surface area contributed by atoms with Crippen molar-refractivity contribution in [1.29, 1.82) is 0 Å². The molecule has 0 aliphatic heterocycles. The van der Waals surface area contributed by atoms with Crippen LogP contribution in [0.2, 0.25) is 0 Å². The van der Waals surface area contributed by atoms with Crippen LogP contribution < -0.4 is 11.1 Å². The minimum absolute atomic E-state index is 0. The van der Waals surface area contributed by atoms with Crippen LogP contribution in [0.15, 0.2) is 54.9 Å². The molecule has 2 aromatic carbocycles. The van der Waals surface area contributed by atoms with E-state index in [1.807, 2.05) is 59.4 Å². The molecule has 3 aromatic rings. The maximum absolute atomic E-state index is 11.9. The van der Waals surface area contributed by atoms with Crippen LogP contribution in [-0.2, 0) is 16.1 Å². The molecule has 1 aromatic heterocycles. The summed E-state index contributed by atoms with van der Waals surface area (Å²) >= 11 is 0. The van der Waals surface area contributed by atoms with Crippen molar-refractivity contribution in [2.75, 3.05) is 13.7 Å². The Hall–Kier alpha value is -2.41. The summed E-state index contributed by atoms with van der Waals surface area (Å²) in [4.78, 5) is 16.3. The van der Waals surface area contributed by atoms with Crippen LogP contribution in [0.3, 0.4) is 0 Å². The molecule has 0 saturated heterocycles. The van der Waals surface area contributed by atoms with Crippen molar-refractivity contribution in [2.24, 2.45) is 5.73 Å². The highest BCUT2D eigenvalue weighted by Crippen LogP contribution is 2.18. The molecule has 3 rings (SSSR count). The van der Waals surface area contributed by atoms with Crippen LogP contribution in [0.4, 0.5) is 0 Å². The van der Waals surface area contributed by atoms with Crippen molar-refractivity contribution >= 4 is 29.3 Å². The number of carbonyl (C=O) groups is 1. The molecule has 138 valence electrons. The maximum atomic E-state index is 11.9. The third-order valence-corrected chi connectivity index (χ3v) is 4.17. The van der Waals surface area contributed by atoms with E-state index < -0.39 is 0 Å². The summed E-state index contributed by atoms with van der Waals surface area (Å²) in [6, 6.07) is 16.1. The molecule has 3 N–H and O–H groups in total. The Morgan fingerprint density at radius 1 is 1.23 bits per heavy atom. The Morgan fingerprint density at radius 2 is 1.96 bits per heavy atom. The van der Waals surface area contributed by atoms with Crippen molar-refractivity contribution < 1.29 is 9.53 Å². The number of aromatic nitrogens is 2. The number of imidazole rings is 1. The van der Waals surface area contributed by atoms with E-state index in [1.165, 1.54) is 0 Å². The highest BCUT2D eigenvalue weighted by Gasteiger charge is 2.11. The van der Waals surface area contributed by atoms with Crippen LogP contribution in [0.1, 0.15) is 12.0 Å². The van der Waals surface area contributed by atoms with Gasteiger partial charge in [-0.15, -0.1) is 12.4 Å². The third-order valence-electron chi connectivity index (χ3n) is 4.17. The van der Waals surface area contributed by atoms with Crippen LogP contribution >= 0.6 is 12.4 Å². The number of hydrogen-bond acceptors (Lipinski definition) is 4. The summed E-state index contributed by atoms with van der Waals surface area (Å²) in [5, 5.41) is 2.89. The van der Waals surface area contributed by atoms with Crippen molar-refractivity contribution in [3.05, 3.63) is 60.4 Å². The van der Waals surface area contributed by atoms with E-state index in [1.54, 1.807) is 7.11 Å². The van der Waals surface area contributed by atoms with E-state index in [9.17, 15) is 4.79 Å². The molecule has 0 aliphatic carbocycles. The molecule has 1 heterocycles. The number of hydrogen-bond donors (Lipinski definition) is 2. The Labute approximate surface area is 158 Å². The van der Waals surface area contributed by atoms with E-state index in [0.29, 0.717) is 13.1 Å². The standard InChI is InChI=1S/C19H22N4O2.ClH/c1-25-16(11-20)10-19(24)21-12-14-6-8-15(9-7-14)23-13-22-17-4-2-3-5-18(17)23;/h2-9,13,16H,10-12,20H2,1H3,(H,21,24);1H. The first-order valence-corrected chi connectivity index (χ1v) is 8.22. The number of benzene rings is 2. The van der Waals surface area contributed by atoms with Gasteiger partial charge in [0.25, 0.3) is 0 Å². The number of halogens is 1. The highest BCUT2D eigenvalue weighted by molar-refractivity contribution is 5.85. The normalized spacial score (nSPS) is 11.8. The molecule has 0 spiro atoms. The number of amides is 1.